The first kappa shape index (κ1) is 14.6. The fourth-order valence-electron chi connectivity index (χ4n) is 2.62. The number of rotatable bonds is 5. The van der Waals surface area contributed by atoms with E-state index in [4.69, 9.17) is 11.6 Å². The second-order valence-corrected chi connectivity index (χ2v) is 6.50. The van der Waals surface area contributed by atoms with Gasteiger partial charge in [-0.3, -0.25) is 0 Å². The number of thiophene rings is 1. The van der Waals surface area contributed by atoms with Crippen molar-refractivity contribution in [3.05, 3.63) is 70.1 Å². The standard InChI is InChI=1S/C18H18ClNS/c1-2-17(13-6-5-7-15(19)10-13)20-11-14-12-21-18-9-4-3-8-16(14)18/h3-10,12,17,20H,2,11H2,1H3. The summed E-state index contributed by atoms with van der Waals surface area (Å²) in [7, 11) is 0. The van der Waals surface area contributed by atoms with Gasteiger partial charge in [0.15, 0.2) is 0 Å². The average Bonchev–Trinajstić information content (AvgIpc) is 2.91. The molecule has 0 saturated heterocycles. The summed E-state index contributed by atoms with van der Waals surface area (Å²) in [5.74, 6) is 0. The van der Waals surface area contributed by atoms with Crippen LogP contribution in [-0.2, 0) is 6.54 Å². The molecular formula is C18H18ClNS. The van der Waals surface area contributed by atoms with Crippen LogP contribution >= 0.6 is 22.9 Å². The van der Waals surface area contributed by atoms with Crippen molar-refractivity contribution in [1.82, 2.24) is 5.32 Å². The molecule has 0 aliphatic heterocycles. The first-order valence-corrected chi connectivity index (χ1v) is 8.47. The third-order valence-corrected chi connectivity index (χ3v) is 5.01. The van der Waals surface area contributed by atoms with E-state index in [9.17, 15) is 0 Å². The minimum atomic E-state index is 0.336. The fourth-order valence-corrected chi connectivity index (χ4v) is 3.79. The van der Waals surface area contributed by atoms with E-state index in [1.807, 2.05) is 23.5 Å². The minimum absolute atomic E-state index is 0.336. The van der Waals surface area contributed by atoms with Crippen LogP contribution in [0.2, 0.25) is 5.02 Å². The van der Waals surface area contributed by atoms with Gasteiger partial charge in [0.2, 0.25) is 0 Å². The van der Waals surface area contributed by atoms with E-state index in [0.717, 1.165) is 18.0 Å². The number of benzene rings is 2. The molecule has 2 aromatic carbocycles. The summed E-state index contributed by atoms with van der Waals surface area (Å²) in [5.41, 5.74) is 2.63. The van der Waals surface area contributed by atoms with Gasteiger partial charge in [-0.15, -0.1) is 11.3 Å². The van der Waals surface area contributed by atoms with Gasteiger partial charge in [0, 0.05) is 22.3 Å². The Labute approximate surface area is 134 Å². The molecule has 1 unspecified atom stereocenters. The predicted molar refractivity (Wildman–Crippen MR) is 93.1 cm³/mol. The van der Waals surface area contributed by atoms with Gasteiger partial charge in [0.25, 0.3) is 0 Å². The van der Waals surface area contributed by atoms with E-state index in [1.54, 1.807) is 0 Å². The van der Waals surface area contributed by atoms with Crippen LogP contribution in [-0.4, -0.2) is 0 Å². The van der Waals surface area contributed by atoms with Crippen molar-refractivity contribution in [2.24, 2.45) is 0 Å². The van der Waals surface area contributed by atoms with Crippen molar-refractivity contribution in [2.75, 3.05) is 0 Å². The maximum Gasteiger partial charge on any atom is 0.0409 e. The van der Waals surface area contributed by atoms with Crippen molar-refractivity contribution < 1.29 is 0 Å². The van der Waals surface area contributed by atoms with Gasteiger partial charge < -0.3 is 5.32 Å². The lowest BCUT2D eigenvalue weighted by Crippen LogP contribution is -2.20. The molecule has 0 spiro atoms. The molecule has 0 aliphatic rings. The third-order valence-electron chi connectivity index (χ3n) is 3.76. The van der Waals surface area contributed by atoms with E-state index in [2.05, 4.69) is 54.0 Å². The van der Waals surface area contributed by atoms with Crippen LogP contribution in [0.5, 0.6) is 0 Å². The van der Waals surface area contributed by atoms with Crippen molar-refractivity contribution in [1.29, 1.82) is 0 Å². The zero-order valence-corrected chi connectivity index (χ0v) is 13.5. The Balaban J connectivity index is 1.76. The topological polar surface area (TPSA) is 12.0 Å². The molecule has 0 saturated carbocycles. The molecule has 3 heteroatoms. The predicted octanol–water partition coefficient (Wildman–Crippen LogP) is 5.80. The summed E-state index contributed by atoms with van der Waals surface area (Å²) in [6, 6.07) is 17.0. The Morgan fingerprint density at radius 3 is 2.81 bits per heavy atom. The number of halogens is 1. The molecular weight excluding hydrogens is 298 g/mol. The Morgan fingerprint density at radius 2 is 2.00 bits per heavy atom. The molecule has 1 heterocycles. The Morgan fingerprint density at radius 1 is 1.14 bits per heavy atom. The molecule has 1 N–H and O–H groups in total. The quantitative estimate of drug-likeness (QED) is 0.628. The van der Waals surface area contributed by atoms with Gasteiger partial charge in [-0.05, 0) is 46.5 Å². The number of hydrogen-bond acceptors (Lipinski definition) is 2. The molecule has 0 radical (unpaired) electrons. The molecule has 0 fully saturated rings. The lowest BCUT2D eigenvalue weighted by atomic mass is 10.0. The third kappa shape index (κ3) is 3.29. The van der Waals surface area contributed by atoms with Crippen LogP contribution in [0, 0.1) is 0 Å². The summed E-state index contributed by atoms with van der Waals surface area (Å²) < 4.78 is 1.35. The molecule has 1 nitrogen and oxygen atoms in total. The summed E-state index contributed by atoms with van der Waals surface area (Å²) in [6.45, 7) is 3.08. The van der Waals surface area contributed by atoms with Gasteiger partial charge >= 0.3 is 0 Å². The highest BCUT2D eigenvalue weighted by atomic mass is 35.5. The second-order valence-electron chi connectivity index (χ2n) is 5.15. The van der Waals surface area contributed by atoms with Crippen LogP contribution in [0.3, 0.4) is 0 Å². The Bertz CT molecular complexity index is 735. The number of nitrogens with one attached hydrogen (secondary N) is 1. The SMILES string of the molecule is CCC(NCc1csc2ccccc12)c1cccc(Cl)c1. The number of fused-ring (bicyclic) bond motifs is 1. The van der Waals surface area contributed by atoms with E-state index >= 15 is 0 Å². The van der Waals surface area contributed by atoms with Crippen molar-refractivity contribution in [3.8, 4) is 0 Å². The lowest BCUT2D eigenvalue weighted by molar-refractivity contribution is 0.520. The van der Waals surface area contributed by atoms with E-state index < -0.39 is 0 Å². The van der Waals surface area contributed by atoms with E-state index in [-0.39, 0.29) is 0 Å². The highest BCUT2D eigenvalue weighted by molar-refractivity contribution is 7.17. The summed E-state index contributed by atoms with van der Waals surface area (Å²) >= 11 is 7.91. The first-order chi connectivity index (χ1) is 10.3. The Hall–Kier alpha value is -1.35. The van der Waals surface area contributed by atoms with Crippen LogP contribution < -0.4 is 5.32 Å². The van der Waals surface area contributed by atoms with Crippen LogP contribution in [0.1, 0.15) is 30.5 Å². The van der Waals surface area contributed by atoms with Crippen molar-refractivity contribution in [3.63, 3.8) is 0 Å². The normalized spacial score (nSPS) is 12.7. The molecule has 1 atom stereocenters. The largest absolute Gasteiger partial charge is 0.306 e. The zero-order valence-electron chi connectivity index (χ0n) is 12.0. The van der Waals surface area contributed by atoms with Gasteiger partial charge in [-0.1, -0.05) is 48.9 Å². The maximum atomic E-state index is 6.10. The van der Waals surface area contributed by atoms with E-state index in [1.165, 1.54) is 21.2 Å². The summed E-state index contributed by atoms with van der Waals surface area (Å²) in [6.07, 6.45) is 1.04. The lowest BCUT2D eigenvalue weighted by Gasteiger charge is -2.17. The molecule has 0 bridgehead atoms. The van der Waals surface area contributed by atoms with Crippen molar-refractivity contribution >= 4 is 33.0 Å². The van der Waals surface area contributed by atoms with E-state index in [0.29, 0.717) is 6.04 Å². The van der Waals surface area contributed by atoms with Gasteiger partial charge in [-0.2, -0.15) is 0 Å². The van der Waals surface area contributed by atoms with Gasteiger partial charge in [0.1, 0.15) is 0 Å². The molecule has 3 rings (SSSR count). The fraction of sp³-hybridized carbons (Fsp3) is 0.222. The van der Waals surface area contributed by atoms with Gasteiger partial charge in [0.05, 0.1) is 0 Å². The highest BCUT2D eigenvalue weighted by Gasteiger charge is 2.10. The molecule has 21 heavy (non-hydrogen) atoms. The molecule has 0 aliphatic carbocycles. The molecule has 0 amide bonds. The smallest absolute Gasteiger partial charge is 0.0409 e. The van der Waals surface area contributed by atoms with Crippen LogP contribution in [0.15, 0.2) is 53.9 Å². The molecule has 108 valence electrons. The van der Waals surface area contributed by atoms with Crippen LogP contribution in [0.4, 0.5) is 0 Å². The minimum Gasteiger partial charge on any atom is -0.306 e. The van der Waals surface area contributed by atoms with Crippen LogP contribution in [0.25, 0.3) is 10.1 Å². The van der Waals surface area contributed by atoms with Crippen molar-refractivity contribution in [2.45, 2.75) is 25.9 Å². The Kier molecular flexibility index (Phi) is 4.59. The monoisotopic (exact) mass is 315 g/mol. The highest BCUT2D eigenvalue weighted by Crippen LogP contribution is 2.27. The summed E-state index contributed by atoms with van der Waals surface area (Å²) in [4.78, 5) is 0. The van der Waals surface area contributed by atoms with Gasteiger partial charge in [-0.25, -0.2) is 0 Å². The maximum absolute atomic E-state index is 6.10. The first-order valence-electron chi connectivity index (χ1n) is 7.22. The average molecular weight is 316 g/mol. The molecule has 1 aromatic heterocycles. The summed E-state index contributed by atoms with van der Waals surface area (Å²) in [5, 5.41) is 8.06. The zero-order chi connectivity index (χ0) is 14.7. The second kappa shape index (κ2) is 6.61. The molecule has 3 aromatic rings. The number of hydrogen-bond donors (Lipinski definition) is 1.